The zero-order valence-electron chi connectivity index (χ0n) is 13.6. The van der Waals surface area contributed by atoms with Gasteiger partial charge in [-0.15, -0.1) is 0 Å². The Hall–Kier alpha value is -3.07. The lowest BCUT2D eigenvalue weighted by Crippen LogP contribution is -2.48. The van der Waals surface area contributed by atoms with E-state index in [1.165, 1.54) is 6.08 Å². The van der Waals surface area contributed by atoms with Crippen molar-refractivity contribution < 1.29 is 4.79 Å². The van der Waals surface area contributed by atoms with Crippen molar-refractivity contribution in [3.63, 3.8) is 0 Å². The van der Waals surface area contributed by atoms with E-state index in [0.29, 0.717) is 18.8 Å². The first-order valence-electron chi connectivity index (χ1n) is 7.86. The van der Waals surface area contributed by atoms with Crippen LogP contribution in [0.15, 0.2) is 36.9 Å². The van der Waals surface area contributed by atoms with Crippen LogP contribution in [-0.4, -0.2) is 47.2 Å². The van der Waals surface area contributed by atoms with Gasteiger partial charge < -0.3 is 9.80 Å². The van der Waals surface area contributed by atoms with E-state index in [0.717, 1.165) is 35.6 Å². The first-order valence-corrected chi connectivity index (χ1v) is 7.86. The van der Waals surface area contributed by atoms with E-state index in [1.807, 2.05) is 36.1 Å². The summed E-state index contributed by atoms with van der Waals surface area (Å²) in [6, 6.07) is 10.2. The summed E-state index contributed by atoms with van der Waals surface area (Å²) in [6.07, 6.45) is 1.37. The highest BCUT2D eigenvalue weighted by Gasteiger charge is 2.20. The number of rotatable bonds is 3. The predicted octanol–water partition coefficient (Wildman–Crippen LogP) is 2.09. The molecule has 1 aliphatic rings. The van der Waals surface area contributed by atoms with Crippen LogP contribution in [0.2, 0.25) is 0 Å². The average molecular weight is 321 g/mol. The number of aryl methyl sites for hydroxylation is 1. The second kappa shape index (κ2) is 6.59. The van der Waals surface area contributed by atoms with E-state index in [4.69, 9.17) is 5.26 Å². The normalized spacial score (nSPS) is 14.3. The van der Waals surface area contributed by atoms with Crippen molar-refractivity contribution in [2.45, 2.75) is 6.92 Å². The van der Waals surface area contributed by atoms with Crippen molar-refractivity contribution >= 4 is 11.6 Å². The van der Waals surface area contributed by atoms with E-state index in [9.17, 15) is 4.79 Å². The quantitative estimate of drug-likeness (QED) is 0.878. The maximum atomic E-state index is 11.6. The summed E-state index contributed by atoms with van der Waals surface area (Å²) in [5.74, 6) is -0.00976. The highest BCUT2D eigenvalue weighted by molar-refractivity contribution is 5.87. The molecule has 1 aliphatic heterocycles. The Morgan fingerprint density at radius 3 is 2.54 bits per heavy atom. The van der Waals surface area contributed by atoms with Crippen molar-refractivity contribution in [2.75, 3.05) is 31.1 Å². The summed E-state index contributed by atoms with van der Waals surface area (Å²) in [6.45, 7) is 8.44. The minimum absolute atomic E-state index is 0.00976. The zero-order valence-corrected chi connectivity index (χ0v) is 13.6. The molecular formula is C18H19N5O. The molecule has 6 heteroatoms. The van der Waals surface area contributed by atoms with Crippen LogP contribution in [0.1, 0.15) is 11.4 Å². The number of benzene rings is 1. The summed E-state index contributed by atoms with van der Waals surface area (Å²) in [4.78, 5) is 15.7. The number of amides is 1. The predicted molar refractivity (Wildman–Crippen MR) is 92.5 cm³/mol. The number of H-pyrrole nitrogens is 1. The summed E-state index contributed by atoms with van der Waals surface area (Å²) in [5, 5.41) is 16.0. The minimum atomic E-state index is -0.00976. The first-order chi connectivity index (χ1) is 11.6. The molecule has 1 saturated heterocycles. The number of aromatic nitrogens is 2. The number of carbonyl (C=O) groups is 1. The SMILES string of the molecule is C=CC(=O)N1CCN(c2ccc(-c3c(C#N)n[nH]c3C)cc2)CC1. The fourth-order valence-electron chi connectivity index (χ4n) is 3.02. The molecule has 0 radical (unpaired) electrons. The maximum Gasteiger partial charge on any atom is 0.246 e. The molecular weight excluding hydrogens is 302 g/mol. The van der Waals surface area contributed by atoms with Crippen molar-refractivity contribution in [3.8, 4) is 17.2 Å². The largest absolute Gasteiger partial charge is 0.368 e. The Morgan fingerprint density at radius 1 is 1.29 bits per heavy atom. The zero-order chi connectivity index (χ0) is 17.1. The van der Waals surface area contributed by atoms with Gasteiger partial charge in [0.25, 0.3) is 0 Å². The monoisotopic (exact) mass is 321 g/mol. The molecule has 0 unspecified atom stereocenters. The van der Waals surface area contributed by atoms with Gasteiger partial charge in [0.2, 0.25) is 5.91 Å². The molecule has 24 heavy (non-hydrogen) atoms. The lowest BCUT2D eigenvalue weighted by Gasteiger charge is -2.35. The number of hydrogen-bond acceptors (Lipinski definition) is 4. The smallest absolute Gasteiger partial charge is 0.246 e. The van der Waals surface area contributed by atoms with E-state index in [-0.39, 0.29) is 5.91 Å². The first kappa shape index (κ1) is 15.8. The molecule has 0 saturated carbocycles. The van der Waals surface area contributed by atoms with Crippen LogP contribution >= 0.6 is 0 Å². The third-order valence-electron chi connectivity index (χ3n) is 4.34. The molecule has 1 aromatic heterocycles. The molecule has 0 spiro atoms. The fraction of sp³-hybridized carbons (Fsp3) is 0.278. The van der Waals surface area contributed by atoms with Gasteiger partial charge in [-0.1, -0.05) is 18.7 Å². The highest BCUT2D eigenvalue weighted by Crippen LogP contribution is 2.27. The number of nitrogens with one attached hydrogen (secondary N) is 1. The second-order valence-corrected chi connectivity index (χ2v) is 5.75. The molecule has 0 bridgehead atoms. The van der Waals surface area contributed by atoms with Gasteiger partial charge in [-0.2, -0.15) is 10.4 Å². The van der Waals surface area contributed by atoms with Crippen LogP contribution in [0.3, 0.4) is 0 Å². The number of carbonyl (C=O) groups excluding carboxylic acids is 1. The van der Waals surface area contributed by atoms with Crippen LogP contribution in [0.4, 0.5) is 5.69 Å². The fourth-order valence-corrected chi connectivity index (χ4v) is 3.02. The van der Waals surface area contributed by atoms with Crippen LogP contribution in [0, 0.1) is 18.3 Å². The lowest BCUT2D eigenvalue weighted by molar-refractivity contribution is -0.126. The Balaban J connectivity index is 1.74. The third kappa shape index (κ3) is 2.88. The molecule has 1 aromatic carbocycles. The molecule has 122 valence electrons. The molecule has 1 fully saturated rings. The lowest BCUT2D eigenvalue weighted by atomic mass is 10.0. The molecule has 2 heterocycles. The molecule has 1 amide bonds. The van der Waals surface area contributed by atoms with E-state index < -0.39 is 0 Å². The van der Waals surface area contributed by atoms with Crippen LogP contribution in [-0.2, 0) is 4.79 Å². The van der Waals surface area contributed by atoms with E-state index in [1.54, 1.807) is 0 Å². The van der Waals surface area contributed by atoms with Gasteiger partial charge in [-0.25, -0.2) is 0 Å². The molecule has 3 rings (SSSR count). The molecule has 1 N–H and O–H groups in total. The van der Waals surface area contributed by atoms with Gasteiger partial charge in [0.1, 0.15) is 6.07 Å². The number of aromatic amines is 1. The molecule has 0 aliphatic carbocycles. The number of nitriles is 1. The third-order valence-corrected chi connectivity index (χ3v) is 4.34. The van der Waals surface area contributed by atoms with Crippen molar-refractivity contribution in [1.82, 2.24) is 15.1 Å². The summed E-state index contributed by atoms with van der Waals surface area (Å²) >= 11 is 0. The van der Waals surface area contributed by atoms with E-state index >= 15 is 0 Å². The van der Waals surface area contributed by atoms with Crippen molar-refractivity contribution in [1.29, 1.82) is 5.26 Å². The van der Waals surface area contributed by atoms with Gasteiger partial charge in [-0.05, 0) is 30.7 Å². The Labute approximate surface area is 141 Å². The van der Waals surface area contributed by atoms with Crippen LogP contribution in [0.5, 0.6) is 0 Å². The Morgan fingerprint density at radius 2 is 1.96 bits per heavy atom. The summed E-state index contributed by atoms with van der Waals surface area (Å²) in [7, 11) is 0. The Kier molecular flexibility index (Phi) is 4.34. The van der Waals surface area contributed by atoms with Crippen molar-refractivity contribution in [2.24, 2.45) is 0 Å². The average Bonchev–Trinajstić information content (AvgIpc) is 3.02. The Bertz CT molecular complexity index is 792. The second-order valence-electron chi connectivity index (χ2n) is 5.75. The number of hydrogen-bond donors (Lipinski definition) is 1. The minimum Gasteiger partial charge on any atom is -0.368 e. The highest BCUT2D eigenvalue weighted by atomic mass is 16.2. The van der Waals surface area contributed by atoms with Gasteiger partial charge >= 0.3 is 0 Å². The van der Waals surface area contributed by atoms with Crippen LogP contribution < -0.4 is 4.90 Å². The van der Waals surface area contributed by atoms with Gasteiger partial charge in [0.15, 0.2) is 5.69 Å². The van der Waals surface area contributed by atoms with Gasteiger partial charge in [-0.3, -0.25) is 9.89 Å². The summed E-state index contributed by atoms with van der Waals surface area (Å²) < 4.78 is 0. The van der Waals surface area contributed by atoms with Gasteiger partial charge in [0, 0.05) is 43.1 Å². The number of piperazine rings is 1. The number of nitrogens with zero attached hydrogens (tertiary/aromatic N) is 4. The van der Waals surface area contributed by atoms with Gasteiger partial charge in [0.05, 0.1) is 0 Å². The molecule has 2 aromatic rings. The topological polar surface area (TPSA) is 76.0 Å². The molecule has 6 nitrogen and oxygen atoms in total. The van der Waals surface area contributed by atoms with Crippen LogP contribution in [0.25, 0.3) is 11.1 Å². The van der Waals surface area contributed by atoms with Crippen molar-refractivity contribution in [3.05, 3.63) is 48.3 Å². The number of anilines is 1. The summed E-state index contributed by atoms with van der Waals surface area (Å²) in [5.41, 5.74) is 4.24. The molecule has 0 atom stereocenters. The standard InChI is InChI=1S/C18H19N5O/c1-3-17(24)23-10-8-22(9-11-23)15-6-4-14(5-7-15)18-13(2)20-21-16(18)12-19/h3-7H,1,8-11H2,2H3,(H,20,21). The maximum absolute atomic E-state index is 11.6. The van der Waals surface area contributed by atoms with E-state index in [2.05, 4.69) is 27.7 Å².